The molecule has 0 spiro atoms. The molecule has 0 radical (unpaired) electrons. The minimum Gasteiger partial charge on any atom is -0.352 e. The molecular formula is C18H20F2N4. The Morgan fingerprint density at radius 3 is 2.38 bits per heavy atom. The molecule has 2 heterocycles. The minimum atomic E-state index is -0.528. The third-order valence-electron chi connectivity index (χ3n) is 4.83. The number of hydrogen-bond donors (Lipinski definition) is 0. The van der Waals surface area contributed by atoms with Crippen molar-refractivity contribution >= 4 is 5.82 Å². The highest BCUT2D eigenvalue weighted by Crippen LogP contribution is 2.38. The van der Waals surface area contributed by atoms with Crippen molar-refractivity contribution in [2.24, 2.45) is 0 Å². The van der Waals surface area contributed by atoms with Crippen LogP contribution in [-0.2, 0) is 6.54 Å². The van der Waals surface area contributed by atoms with Crippen molar-refractivity contribution in [1.82, 2.24) is 15.1 Å². The Morgan fingerprint density at radius 1 is 1.08 bits per heavy atom. The fourth-order valence-corrected chi connectivity index (χ4v) is 3.14. The molecule has 6 heteroatoms. The van der Waals surface area contributed by atoms with Crippen molar-refractivity contribution in [2.45, 2.75) is 31.3 Å². The van der Waals surface area contributed by atoms with Crippen molar-refractivity contribution in [2.75, 3.05) is 25.0 Å². The number of hydrogen-bond acceptors (Lipinski definition) is 4. The minimum absolute atomic E-state index is 0.348. The van der Waals surface area contributed by atoms with E-state index < -0.39 is 11.6 Å². The highest BCUT2D eigenvalue weighted by atomic mass is 19.1. The number of rotatable bonds is 5. The Kier molecular flexibility index (Phi) is 3.92. The van der Waals surface area contributed by atoms with E-state index in [-0.39, 0.29) is 0 Å². The second-order valence-corrected chi connectivity index (χ2v) is 6.84. The lowest BCUT2D eigenvalue weighted by molar-refractivity contribution is 0.196. The molecule has 1 aliphatic carbocycles. The summed E-state index contributed by atoms with van der Waals surface area (Å²) in [5.41, 5.74) is 1.75. The van der Waals surface area contributed by atoms with Gasteiger partial charge in [0.15, 0.2) is 5.82 Å². The molecule has 4 nitrogen and oxygen atoms in total. The molecule has 0 N–H and O–H groups in total. The van der Waals surface area contributed by atoms with Gasteiger partial charge in [-0.15, -0.1) is 5.10 Å². The van der Waals surface area contributed by atoms with Crippen LogP contribution in [0.4, 0.5) is 14.6 Å². The topological polar surface area (TPSA) is 32.3 Å². The highest BCUT2D eigenvalue weighted by Gasteiger charge is 2.32. The maximum absolute atomic E-state index is 13.3. The summed E-state index contributed by atoms with van der Waals surface area (Å²) in [6.45, 7) is 2.23. The smallest absolute Gasteiger partial charge is 0.151 e. The van der Waals surface area contributed by atoms with E-state index in [0.717, 1.165) is 30.7 Å². The summed E-state index contributed by atoms with van der Waals surface area (Å²) in [7, 11) is 1.98. The fraction of sp³-hybridized carbons (Fsp3) is 0.444. The molecular weight excluding hydrogens is 310 g/mol. The van der Waals surface area contributed by atoms with Gasteiger partial charge < -0.3 is 4.90 Å². The van der Waals surface area contributed by atoms with Crippen LogP contribution >= 0.6 is 0 Å². The summed E-state index contributed by atoms with van der Waals surface area (Å²) in [5, 5.41) is 8.63. The van der Waals surface area contributed by atoms with Crippen LogP contribution in [-0.4, -0.2) is 41.3 Å². The average molecular weight is 330 g/mol. The quantitative estimate of drug-likeness (QED) is 0.844. The molecule has 0 atom stereocenters. The van der Waals surface area contributed by atoms with Crippen LogP contribution < -0.4 is 4.90 Å². The van der Waals surface area contributed by atoms with Gasteiger partial charge in [0.2, 0.25) is 0 Å². The predicted octanol–water partition coefficient (Wildman–Crippen LogP) is 2.95. The number of nitrogens with zero attached hydrogens (tertiary/aromatic N) is 4. The summed E-state index contributed by atoms with van der Waals surface area (Å²) in [5.74, 6) is 0.466. The van der Waals surface area contributed by atoms with Gasteiger partial charge in [-0.2, -0.15) is 5.10 Å². The number of aromatic nitrogens is 2. The highest BCUT2D eigenvalue weighted by molar-refractivity contribution is 5.42. The molecule has 2 fully saturated rings. The second kappa shape index (κ2) is 6.09. The van der Waals surface area contributed by atoms with Crippen LogP contribution in [0.5, 0.6) is 0 Å². The van der Waals surface area contributed by atoms with Crippen molar-refractivity contribution in [3.8, 4) is 0 Å². The lowest BCUT2D eigenvalue weighted by Crippen LogP contribution is -2.58. The molecule has 0 amide bonds. The molecule has 2 aliphatic rings. The Labute approximate surface area is 140 Å². The first-order valence-corrected chi connectivity index (χ1v) is 8.32. The van der Waals surface area contributed by atoms with Crippen LogP contribution in [0.15, 0.2) is 30.3 Å². The zero-order valence-corrected chi connectivity index (χ0v) is 13.6. The van der Waals surface area contributed by atoms with Gasteiger partial charge >= 0.3 is 0 Å². The van der Waals surface area contributed by atoms with E-state index in [0.29, 0.717) is 24.1 Å². The van der Waals surface area contributed by atoms with Gasteiger partial charge in [0.1, 0.15) is 11.6 Å². The molecule has 0 bridgehead atoms. The van der Waals surface area contributed by atoms with Gasteiger partial charge in [-0.05, 0) is 49.7 Å². The normalized spacial score (nSPS) is 18.1. The van der Waals surface area contributed by atoms with E-state index in [4.69, 9.17) is 0 Å². The van der Waals surface area contributed by atoms with Gasteiger partial charge in [-0.25, -0.2) is 8.78 Å². The first-order chi connectivity index (χ1) is 11.6. The summed E-state index contributed by atoms with van der Waals surface area (Å²) in [6.07, 6.45) is 2.45. The molecule has 1 aromatic heterocycles. The third kappa shape index (κ3) is 3.24. The molecule has 2 aromatic rings. The lowest BCUT2D eigenvalue weighted by Gasteiger charge is -2.44. The van der Waals surface area contributed by atoms with Crippen molar-refractivity contribution < 1.29 is 8.78 Å². The standard InChI is InChI=1S/C18H20F2N4/c1-23(9-12-6-14(19)8-15(20)7-12)16-10-24(11-16)18-5-4-17(21-22-18)13-2-3-13/h4-8,13,16H,2-3,9-11H2,1H3. The van der Waals surface area contributed by atoms with Crippen LogP contribution in [0.25, 0.3) is 0 Å². The number of benzene rings is 1. The van der Waals surface area contributed by atoms with E-state index in [1.54, 1.807) is 0 Å². The van der Waals surface area contributed by atoms with Gasteiger partial charge in [0, 0.05) is 37.7 Å². The van der Waals surface area contributed by atoms with Gasteiger partial charge in [-0.3, -0.25) is 4.90 Å². The number of likely N-dealkylation sites (N-methyl/N-ethyl adjacent to an activating group) is 1. The molecule has 4 rings (SSSR count). The Bertz CT molecular complexity index is 704. The molecule has 1 aliphatic heterocycles. The second-order valence-electron chi connectivity index (χ2n) is 6.84. The van der Waals surface area contributed by atoms with Crippen molar-refractivity contribution in [3.63, 3.8) is 0 Å². The van der Waals surface area contributed by atoms with E-state index in [1.165, 1.54) is 25.0 Å². The summed E-state index contributed by atoms with van der Waals surface area (Å²) in [4.78, 5) is 4.30. The predicted molar refractivity (Wildman–Crippen MR) is 87.8 cm³/mol. The Morgan fingerprint density at radius 2 is 1.79 bits per heavy atom. The summed E-state index contributed by atoms with van der Waals surface area (Å²) < 4.78 is 26.5. The first kappa shape index (κ1) is 15.4. The van der Waals surface area contributed by atoms with Gasteiger partial charge in [-0.1, -0.05) is 0 Å². The Balaban J connectivity index is 1.32. The van der Waals surface area contributed by atoms with E-state index in [2.05, 4.69) is 26.1 Å². The maximum Gasteiger partial charge on any atom is 0.151 e. The third-order valence-corrected chi connectivity index (χ3v) is 4.83. The largest absolute Gasteiger partial charge is 0.352 e. The molecule has 1 aromatic carbocycles. The van der Waals surface area contributed by atoms with Crippen LogP contribution in [0.1, 0.15) is 30.0 Å². The SMILES string of the molecule is CN(Cc1cc(F)cc(F)c1)C1CN(c2ccc(C3CC3)nn2)C1. The van der Waals surface area contributed by atoms with E-state index in [1.807, 2.05) is 13.1 Å². The summed E-state index contributed by atoms with van der Waals surface area (Å²) >= 11 is 0. The average Bonchev–Trinajstić information content (AvgIpc) is 3.30. The zero-order chi connectivity index (χ0) is 16.7. The van der Waals surface area contributed by atoms with E-state index >= 15 is 0 Å². The number of halogens is 2. The van der Waals surface area contributed by atoms with E-state index in [9.17, 15) is 8.78 Å². The molecule has 24 heavy (non-hydrogen) atoms. The monoisotopic (exact) mass is 330 g/mol. The van der Waals surface area contributed by atoms with Crippen LogP contribution in [0, 0.1) is 11.6 Å². The first-order valence-electron chi connectivity index (χ1n) is 8.32. The lowest BCUT2D eigenvalue weighted by atomic mass is 10.1. The van der Waals surface area contributed by atoms with Gasteiger partial charge in [0.05, 0.1) is 5.69 Å². The van der Waals surface area contributed by atoms with Crippen molar-refractivity contribution in [1.29, 1.82) is 0 Å². The zero-order valence-electron chi connectivity index (χ0n) is 13.6. The number of anilines is 1. The molecule has 1 saturated heterocycles. The van der Waals surface area contributed by atoms with Crippen molar-refractivity contribution in [3.05, 3.63) is 53.2 Å². The maximum atomic E-state index is 13.3. The molecule has 0 unspecified atom stereocenters. The van der Waals surface area contributed by atoms with Crippen LogP contribution in [0.3, 0.4) is 0 Å². The Hall–Kier alpha value is -2.08. The van der Waals surface area contributed by atoms with Gasteiger partial charge in [0.25, 0.3) is 0 Å². The summed E-state index contributed by atoms with van der Waals surface area (Å²) in [6, 6.07) is 8.14. The fourth-order valence-electron chi connectivity index (χ4n) is 3.14. The molecule has 126 valence electrons. The molecule has 1 saturated carbocycles. The van der Waals surface area contributed by atoms with Crippen LogP contribution in [0.2, 0.25) is 0 Å².